The molecule has 0 atom stereocenters. The van der Waals surface area contributed by atoms with E-state index in [2.05, 4.69) is 5.32 Å². The van der Waals surface area contributed by atoms with Crippen molar-refractivity contribution in [2.24, 2.45) is 0 Å². The Bertz CT molecular complexity index is 417. The van der Waals surface area contributed by atoms with Crippen LogP contribution in [0.5, 0.6) is 0 Å². The predicted molar refractivity (Wildman–Crippen MR) is 60.8 cm³/mol. The Morgan fingerprint density at radius 1 is 1.44 bits per heavy atom. The number of rotatable bonds is 1. The van der Waals surface area contributed by atoms with Gasteiger partial charge in [0.2, 0.25) is 5.91 Å². The van der Waals surface area contributed by atoms with Gasteiger partial charge in [-0.15, -0.1) is 0 Å². The van der Waals surface area contributed by atoms with Crippen molar-refractivity contribution in [1.29, 1.82) is 0 Å². The molecule has 3 nitrogen and oxygen atoms in total. The lowest BCUT2D eigenvalue weighted by Gasteiger charge is -2.43. The first kappa shape index (κ1) is 10.9. The number of carbonyl (C=O) groups is 1. The van der Waals surface area contributed by atoms with Crippen LogP contribution in [0.25, 0.3) is 0 Å². The molecular weight excluding hydrogens is 207 g/mol. The minimum absolute atomic E-state index is 0.0245. The van der Waals surface area contributed by atoms with E-state index in [1.54, 1.807) is 6.07 Å². The number of anilines is 1. The molecule has 1 aliphatic heterocycles. The van der Waals surface area contributed by atoms with Crippen LogP contribution >= 0.6 is 0 Å². The second-order valence-corrected chi connectivity index (χ2v) is 4.66. The average molecular weight is 222 g/mol. The molecule has 0 aromatic heterocycles. The quantitative estimate of drug-likeness (QED) is 0.781. The number of halogens is 1. The second kappa shape index (κ2) is 3.77. The smallest absolute Gasteiger partial charge is 0.239 e. The third-order valence-electron chi connectivity index (χ3n) is 2.87. The molecule has 0 aliphatic carbocycles. The summed E-state index contributed by atoms with van der Waals surface area (Å²) in [6.07, 6.45) is 0. The fourth-order valence-corrected chi connectivity index (χ4v) is 1.91. The first-order valence-corrected chi connectivity index (χ1v) is 5.29. The molecule has 16 heavy (non-hydrogen) atoms. The molecule has 1 heterocycles. The van der Waals surface area contributed by atoms with Crippen LogP contribution in [-0.4, -0.2) is 24.5 Å². The van der Waals surface area contributed by atoms with Crippen LogP contribution in [0.3, 0.4) is 0 Å². The molecular formula is C12H15FN2O. The average Bonchev–Trinajstić information content (AvgIpc) is 2.22. The van der Waals surface area contributed by atoms with E-state index in [1.807, 2.05) is 24.8 Å². The zero-order valence-corrected chi connectivity index (χ0v) is 9.46. The van der Waals surface area contributed by atoms with Crippen LogP contribution in [-0.2, 0) is 4.79 Å². The Hall–Kier alpha value is -1.58. The lowest BCUT2D eigenvalue weighted by atomic mass is 9.99. The molecule has 1 aromatic carbocycles. The SMILES string of the molecule is CC1(C)CNC(=O)CN1c1cccc(F)c1. The monoisotopic (exact) mass is 222 g/mol. The molecule has 1 amide bonds. The summed E-state index contributed by atoms with van der Waals surface area (Å²) in [5, 5.41) is 2.81. The van der Waals surface area contributed by atoms with Crippen molar-refractivity contribution >= 4 is 11.6 Å². The standard InChI is InChI=1S/C12H15FN2O/c1-12(2)8-14-11(16)7-15(12)10-5-3-4-9(13)6-10/h3-6H,7-8H2,1-2H3,(H,14,16). The second-order valence-electron chi connectivity index (χ2n) is 4.66. The fourth-order valence-electron chi connectivity index (χ4n) is 1.91. The Kier molecular flexibility index (Phi) is 2.58. The van der Waals surface area contributed by atoms with E-state index in [1.165, 1.54) is 12.1 Å². The van der Waals surface area contributed by atoms with E-state index in [9.17, 15) is 9.18 Å². The van der Waals surface area contributed by atoms with Gasteiger partial charge in [0, 0.05) is 12.2 Å². The first-order valence-electron chi connectivity index (χ1n) is 5.29. The van der Waals surface area contributed by atoms with Crippen molar-refractivity contribution in [3.8, 4) is 0 Å². The Morgan fingerprint density at radius 3 is 2.88 bits per heavy atom. The predicted octanol–water partition coefficient (Wildman–Crippen LogP) is 1.54. The van der Waals surface area contributed by atoms with Gasteiger partial charge in [0.05, 0.1) is 12.1 Å². The molecule has 4 heteroatoms. The molecule has 0 bridgehead atoms. The van der Waals surface area contributed by atoms with Crippen LogP contribution in [0.15, 0.2) is 24.3 Å². The zero-order chi connectivity index (χ0) is 11.8. The van der Waals surface area contributed by atoms with Crippen LogP contribution in [0.2, 0.25) is 0 Å². The van der Waals surface area contributed by atoms with E-state index in [-0.39, 0.29) is 23.8 Å². The van der Waals surface area contributed by atoms with Crippen molar-refractivity contribution in [3.63, 3.8) is 0 Å². The van der Waals surface area contributed by atoms with Crippen molar-refractivity contribution < 1.29 is 9.18 Å². The molecule has 1 saturated heterocycles. The van der Waals surface area contributed by atoms with Crippen molar-refractivity contribution in [2.75, 3.05) is 18.0 Å². The van der Waals surface area contributed by atoms with Gasteiger partial charge in [0.15, 0.2) is 0 Å². The zero-order valence-electron chi connectivity index (χ0n) is 9.46. The maximum absolute atomic E-state index is 13.1. The normalized spacial score (nSPS) is 19.4. The van der Waals surface area contributed by atoms with Crippen molar-refractivity contribution in [3.05, 3.63) is 30.1 Å². The minimum Gasteiger partial charge on any atom is -0.355 e. The van der Waals surface area contributed by atoms with Gasteiger partial charge in [0.1, 0.15) is 5.82 Å². The maximum atomic E-state index is 13.1. The number of piperazine rings is 1. The summed E-state index contributed by atoms with van der Waals surface area (Å²) in [7, 11) is 0. The summed E-state index contributed by atoms with van der Waals surface area (Å²) in [6.45, 7) is 4.90. The molecule has 1 N–H and O–H groups in total. The summed E-state index contributed by atoms with van der Waals surface area (Å²) < 4.78 is 13.1. The van der Waals surface area contributed by atoms with E-state index >= 15 is 0 Å². The molecule has 2 rings (SSSR count). The molecule has 0 radical (unpaired) electrons. The van der Waals surface area contributed by atoms with Crippen molar-refractivity contribution in [1.82, 2.24) is 5.32 Å². The lowest BCUT2D eigenvalue weighted by molar-refractivity contribution is -0.121. The third kappa shape index (κ3) is 2.01. The fraction of sp³-hybridized carbons (Fsp3) is 0.417. The number of carbonyl (C=O) groups excluding carboxylic acids is 1. The summed E-state index contributed by atoms with van der Waals surface area (Å²) >= 11 is 0. The highest BCUT2D eigenvalue weighted by Gasteiger charge is 2.33. The van der Waals surface area contributed by atoms with Crippen molar-refractivity contribution in [2.45, 2.75) is 19.4 Å². The number of hydrogen-bond donors (Lipinski definition) is 1. The highest BCUT2D eigenvalue weighted by Crippen LogP contribution is 2.25. The Balaban J connectivity index is 2.33. The largest absolute Gasteiger partial charge is 0.355 e. The van der Waals surface area contributed by atoms with Crippen LogP contribution < -0.4 is 10.2 Å². The molecule has 0 spiro atoms. The molecule has 86 valence electrons. The van der Waals surface area contributed by atoms with Crippen LogP contribution in [0.4, 0.5) is 10.1 Å². The molecule has 0 unspecified atom stereocenters. The molecule has 1 aromatic rings. The van der Waals surface area contributed by atoms with E-state index < -0.39 is 0 Å². The molecule has 0 saturated carbocycles. The maximum Gasteiger partial charge on any atom is 0.239 e. The highest BCUT2D eigenvalue weighted by molar-refractivity contribution is 5.83. The highest BCUT2D eigenvalue weighted by atomic mass is 19.1. The van der Waals surface area contributed by atoms with Gasteiger partial charge in [-0.05, 0) is 32.0 Å². The number of nitrogens with zero attached hydrogens (tertiary/aromatic N) is 1. The van der Waals surface area contributed by atoms with Gasteiger partial charge in [0.25, 0.3) is 0 Å². The molecule has 1 aliphatic rings. The van der Waals surface area contributed by atoms with Gasteiger partial charge in [-0.2, -0.15) is 0 Å². The van der Waals surface area contributed by atoms with Gasteiger partial charge in [-0.1, -0.05) is 6.07 Å². The summed E-state index contributed by atoms with van der Waals surface area (Å²) in [4.78, 5) is 13.3. The Labute approximate surface area is 94.3 Å². The number of hydrogen-bond acceptors (Lipinski definition) is 2. The Morgan fingerprint density at radius 2 is 2.19 bits per heavy atom. The number of benzene rings is 1. The summed E-state index contributed by atoms with van der Waals surface area (Å²) in [5.41, 5.74) is 0.557. The topological polar surface area (TPSA) is 32.3 Å². The van der Waals surface area contributed by atoms with Crippen LogP contribution in [0.1, 0.15) is 13.8 Å². The van der Waals surface area contributed by atoms with E-state index in [0.29, 0.717) is 6.54 Å². The first-order chi connectivity index (χ1) is 7.49. The van der Waals surface area contributed by atoms with Gasteiger partial charge in [-0.25, -0.2) is 4.39 Å². The lowest BCUT2D eigenvalue weighted by Crippen LogP contribution is -2.60. The molecule has 1 fully saturated rings. The van der Waals surface area contributed by atoms with Gasteiger partial charge < -0.3 is 10.2 Å². The van der Waals surface area contributed by atoms with Crippen LogP contribution in [0, 0.1) is 5.82 Å². The summed E-state index contributed by atoms with van der Waals surface area (Å²) in [5.74, 6) is -0.303. The van der Waals surface area contributed by atoms with Gasteiger partial charge >= 0.3 is 0 Å². The minimum atomic E-state index is -0.278. The number of amides is 1. The van der Waals surface area contributed by atoms with E-state index in [0.717, 1.165) is 5.69 Å². The summed E-state index contributed by atoms with van der Waals surface area (Å²) in [6, 6.07) is 6.34. The third-order valence-corrected chi connectivity index (χ3v) is 2.87. The number of nitrogens with one attached hydrogen (secondary N) is 1. The van der Waals surface area contributed by atoms with Gasteiger partial charge in [-0.3, -0.25) is 4.79 Å². The van der Waals surface area contributed by atoms with E-state index in [4.69, 9.17) is 0 Å².